The Kier molecular flexibility index (Phi) is 5.58. The van der Waals surface area contributed by atoms with Gasteiger partial charge in [0.05, 0.1) is 5.69 Å². The van der Waals surface area contributed by atoms with E-state index >= 15 is 0 Å². The van der Waals surface area contributed by atoms with Gasteiger partial charge in [-0.25, -0.2) is 0 Å². The molecule has 1 aromatic heterocycles. The summed E-state index contributed by atoms with van der Waals surface area (Å²) in [5, 5.41) is 8.57. The molecule has 5 heteroatoms. The Bertz CT molecular complexity index is 882. The maximum atomic E-state index is 6.11. The molecule has 4 nitrogen and oxygen atoms in total. The summed E-state index contributed by atoms with van der Waals surface area (Å²) in [7, 11) is 0. The quantitative estimate of drug-likeness (QED) is 0.714. The molecule has 1 N–H and O–H groups in total. The molecule has 0 spiro atoms. The van der Waals surface area contributed by atoms with Crippen LogP contribution in [0.2, 0.25) is 5.02 Å². The Morgan fingerprint density at radius 3 is 2.33 bits per heavy atom. The average Bonchev–Trinajstić information content (AvgIpc) is 3.04. The first-order valence-corrected chi connectivity index (χ1v) is 9.85. The minimum Gasteiger partial charge on any atom is -0.297 e. The number of aromatic amines is 1. The number of aromatic nitrogens is 2. The Hall–Kier alpha value is -2.14. The lowest BCUT2D eigenvalue weighted by Crippen LogP contribution is -2.45. The molecule has 1 fully saturated rings. The molecule has 1 aliphatic rings. The largest absolute Gasteiger partial charge is 0.297 e. The standard InChI is InChI=1S/C22H25ClN4/c1-17-22(19-7-3-2-4-8-19)21(25-24-17)16-27-12-10-26(11-13-27)15-18-6-5-9-20(23)14-18/h2-9,14H,10-13,15-16H2,1H3,(H,24,25). The second-order valence-corrected chi connectivity index (χ2v) is 7.65. The van der Waals surface area contributed by atoms with Gasteiger partial charge in [-0.15, -0.1) is 0 Å². The van der Waals surface area contributed by atoms with E-state index in [1.807, 2.05) is 12.1 Å². The van der Waals surface area contributed by atoms with Crippen molar-refractivity contribution in [3.8, 4) is 11.1 Å². The molecule has 1 saturated heterocycles. The Morgan fingerprint density at radius 1 is 0.926 bits per heavy atom. The molecule has 3 aromatic rings. The third-order valence-electron chi connectivity index (χ3n) is 5.22. The normalized spacial score (nSPS) is 15.9. The van der Waals surface area contributed by atoms with Gasteiger partial charge in [-0.05, 0) is 30.2 Å². The highest BCUT2D eigenvalue weighted by Crippen LogP contribution is 2.26. The highest BCUT2D eigenvalue weighted by atomic mass is 35.5. The van der Waals surface area contributed by atoms with Crippen LogP contribution in [-0.2, 0) is 13.1 Å². The lowest BCUT2D eigenvalue weighted by Gasteiger charge is -2.34. The van der Waals surface area contributed by atoms with Crippen molar-refractivity contribution in [2.45, 2.75) is 20.0 Å². The van der Waals surface area contributed by atoms with Crippen molar-refractivity contribution in [1.82, 2.24) is 20.0 Å². The summed E-state index contributed by atoms with van der Waals surface area (Å²) in [5.74, 6) is 0. The first-order chi connectivity index (χ1) is 13.2. The van der Waals surface area contributed by atoms with E-state index in [0.29, 0.717) is 0 Å². The van der Waals surface area contributed by atoms with Gasteiger partial charge in [-0.3, -0.25) is 14.9 Å². The summed E-state index contributed by atoms with van der Waals surface area (Å²) in [6, 6.07) is 18.7. The zero-order chi connectivity index (χ0) is 18.6. The van der Waals surface area contributed by atoms with E-state index in [9.17, 15) is 0 Å². The van der Waals surface area contributed by atoms with Crippen LogP contribution in [0.25, 0.3) is 11.1 Å². The molecule has 27 heavy (non-hydrogen) atoms. The van der Waals surface area contributed by atoms with E-state index in [1.54, 1.807) is 0 Å². The molecule has 4 rings (SSSR count). The third-order valence-corrected chi connectivity index (χ3v) is 5.45. The summed E-state index contributed by atoms with van der Waals surface area (Å²) < 4.78 is 0. The molecular weight excluding hydrogens is 356 g/mol. The van der Waals surface area contributed by atoms with Crippen LogP contribution in [0.4, 0.5) is 0 Å². The van der Waals surface area contributed by atoms with Gasteiger partial charge in [-0.2, -0.15) is 5.10 Å². The summed E-state index contributed by atoms with van der Waals surface area (Å²) in [5.41, 5.74) is 6.04. The third kappa shape index (κ3) is 4.41. The van der Waals surface area contributed by atoms with E-state index in [2.05, 4.69) is 69.4 Å². The Balaban J connectivity index is 1.38. The molecule has 1 aliphatic heterocycles. The van der Waals surface area contributed by atoms with Gasteiger partial charge in [0.1, 0.15) is 0 Å². The highest BCUT2D eigenvalue weighted by Gasteiger charge is 2.20. The molecule has 0 atom stereocenters. The molecule has 0 amide bonds. The molecule has 2 heterocycles. The Morgan fingerprint density at radius 2 is 1.63 bits per heavy atom. The zero-order valence-electron chi connectivity index (χ0n) is 15.7. The van der Waals surface area contributed by atoms with E-state index in [1.165, 1.54) is 16.7 Å². The number of aryl methyl sites for hydroxylation is 1. The topological polar surface area (TPSA) is 35.2 Å². The van der Waals surface area contributed by atoms with Crippen LogP contribution in [0.1, 0.15) is 17.0 Å². The van der Waals surface area contributed by atoms with Crippen molar-refractivity contribution >= 4 is 11.6 Å². The monoisotopic (exact) mass is 380 g/mol. The van der Waals surface area contributed by atoms with E-state index in [-0.39, 0.29) is 0 Å². The molecule has 140 valence electrons. The number of hydrogen-bond donors (Lipinski definition) is 1. The highest BCUT2D eigenvalue weighted by molar-refractivity contribution is 6.30. The predicted molar refractivity (Wildman–Crippen MR) is 111 cm³/mol. The number of halogens is 1. The van der Waals surface area contributed by atoms with E-state index < -0.39 is 0 Å². The molecule has 0 radical (unpaired) electrons. The lowest BCUT2D eigenvalue weighted by atomic mass is 10.0. The van der Waals surface area contributed by atoms with Crippen molar-refractivity contribution in [3.05, 3.63) is 76.6 Å². The number of nitrogens with zero attached hydrogens (tertiary/aromatic N) is 3. The van der Waals surface area contributed by atoms with Gasteiger partial charge in [0.2, 0.25) is 0 Å². The summed E-state index contributed by atoms with van der Waals surface area (Å²) >= 11 is 6.11. The van der Waals surface area contributed by atoms with Crippen LogP contribution in [0.15, 0.2) is 54.6 Å². The predicted octanol–water partition coefficient (Wildman–Crippen LogP) is 4.36. The van der Waals surface area contributed by atoms with Gasteiger partial charge in [-0.1, -0.05) is 54.1 Å². The van der Waals surface area contributed by atoms with Crippen molar-refractivity contribution in [1.29, 1.82) is 0 Å². The molecule has 2 aromatic carbocycles. The summed E-state index contributed by atoms with van der Waals surface area (Å²) in [4.78, 5) is 4.99. The zero-order valence-corrected chi connectivity index (χ0v) is 16.4. The minimum absolute atomic E-state index is 0.813. The molecular formula is C22H25ClN4. The number of nitrogens with one attached hydrogen (secondary N) is 1. The van der Waals surface area contributed by atoms with Crippen molar-refractivity contribution in [2.24, 2.45) is 0 Å². The maximum Gasteiger partial charge on any atom is 0.0843 e. The van der Waals surface area contributed by atoms with Gasteiger partial charge in [0, 0.05) is 55.5 Å². The second-order valence-electron chi connectivity index (χ2n) is 7.22. The van der Waals surface area contributed by atoms with Crippen molar-refractivity contribution in [3.63, 3.8) is 0 Å². The molecule has 0 unspecified atom stereocenters. The molecule has 0 bridgehead atoms. The van der Waals surface area contributed by atoms with Crippen molar-refractivity contribution < 1.29 is 0 Å². The average molecular weight is 381 g/mol. The number of rotatable bonds is 5. The van der Waals surface area contributed by atoms with Gasteiger partial charge < -0.3 is 0 Å². The lowest BCUT2D eigenvalue weighted by molar-refractivity contribution is 0.121. The van der Waals surface area contributed by atoms with Crippen LogP contribution in [0.3, 0.4) is 0 Å². The number of hydrogen-bond acceptors (Lipinski definition) is 3. The SMILES string of the molecule is Cc1[nH]nc(CN2CCN(Cc3cccc(Cl)c3)CC2)c1-c1ccccc1. The van der Waals surface area contributed by atoms with Gasteiger partial charge in [0.15, 0.2) is 0 Å². The first kappa shape index (κ1) is 18.2. The Labute approximate surface area is 165 Å². The van der Waals surface area contributed by atoms with E-state index in [0.717, 1.165) is 55.7 Å². The molecule has 0 saturated carbocycles. The van der Waals surface area contributed by atoms with Crippen LogP contribution >= 0.6 is 11.6 Å². The molecule has 0 aliphatic carbocycles. The fourth-order valence-electron chi connectivity index (χ4n) is 3.79. The van der Waals surface area contributed by atoms with Crippen LogP contribution in [0.5, 0.6) is 0 Å². The van der Waals surface area contributed by atoms with Crippen LogP contribution < -0.4 is 0 Å². The second kappa shape index (κ2) is 8.26. The van der Waals surface area contributed by atoms with E-state index in [4.69, 9.17) is 11.6 Å². The number of H-pyrrole nitrogens is 1. The summed E-state index contributed by atoms with van der Waals surface area (Å²) in [6.07, 6.45) is 0. The summed E-state index contributed by atoms with van der Waals surface area (Å²) in [6.45, 7) is 8.20. The first-order valence-electron chi connectivity index (χ1n) is 9.47. The minimum atomic E-state index is 0.813. The fourth-order valence-corrected chi connectivity index (χ4v) is 4.01. The number of piperazine rings is 1. The maximum absolute atomic E-state index is 6.11. The van der Waals surface area contributed by atoms with Crippen LogP contribution in [-0.4, -0.2) is 46.2 Å². The van der Waals surface area contributed by atoms with Crippen molar-refractivity contribution in [2.75, 3.05) is 26.2 Å². The van der Waals surface area contributed by atoms with Gasteiger partial charge >= 0.3 is 0 Å². The fraction of sp³-hybridized carbons (Fsp3) is 0.318. The van der Waals surface area contributed by atoms with Crippen LogP contribution in [0, 0.1) is 6.92 Å². The van der Waals surface area contributed by atoms with Gasteiger partial charge in [0.25, 0.3) is 0 Å². The number of benzene rings is 2. The smallest absolute Gasteiger partial charge is 0.0843 e.